The lowest BCUT2D eigenvalue weighted by atomic mass is 9.47. The smallest absolute Gasteiger partial charge is 0.339 e. The first-order valence-corrected chi connectivity index (χ1v) is 19.6. The maximum absolute atomic E-state index is 14.6. The Bertz CT molecular complexity index is 1670. The van der Waals surface area contributed by atoms with Gasteiger partial charge < -0.3 is 4.18 Å². The van der Waals surface area contributed by atoms with Gasteiger partial charge in [-0.15, -0.1) is 0 Å². The Morgan fingerprint density at radius 3 is 1.67 bits per heavy atom. The second-order valence-electron chi connectivity index (χ2n) is 16.0. The van der Waals surface area contributed by atoms with Crippen LogP contribution in [0, 0.1) is 35.5 Å². The standard InChI is InChI=1S/C35H42O6S2/c36-42(37,38)32-7-6-31(28-2-1-3-29(28)32)41-43(39,40)33-14-27(34-15-21-8-22(16-34)10-23(9-21)17-34)4-5-30(33)35-18-24-11-25(19-35)13-26(12-24)20-35/h4-7,14,21-26H,1-3,8-13,15-20H2,(H,36,37,38). The third kappa shape index (κ3) is 4.25. The molecule has 0 heterocycles. The molecule has 0 unspecified atom stereocenters. The normalized spacial score (nSPS) is 38.9. The van der Waals surface area contributed by atoms with Crippen molar-refractivity contribution in [2.75, 3.05) is 0 Å². The van der Waals surface area contributed by atoms with Gasteiger partial charge in [0, 0.05) is 5.56 Å². The summed E-state index contributed by atoms with van der Waals surface area (Å²) in [6.45, 7) is 0. The molecule has 2 aromatic rings. The van der Waals surface area contributed by atoms with Crippen LogP contribution in [0.3, 0.4) is 0 Å². The van der Waals surface area contributed by atoms with Crippen molar-refractivity contribution in [1.29, 1.82) is 0 Å². The largest absolute Gasteiger partial charge is 0.379 e. The molecule has 0 aromatic heterocycles. The van der Waals surface area contributed by atoms with E-state index in [4.69, 9.17) is 4.18 Å². The Hall–Kier alpha value is -1.90. The van der Waals surface area contributed by atoms with Crippen LogP contribution in [0.15, 0.2) is 40.1 Å². The Balaban J connectivity index is 1.17. The highest BCUT2D eigenvalue weighted by Crippen LogP contribution is 2.63. The maximum Gasteiger partial charge on any atom is 0.339 e. The Kier molecular flexibility index (Phi) is 5.80. The number of benzene rings is 2. The summed E-state index contributed by atoms with van der Waals surface area (Å²) in [5.74, 6) is 4.53. The van der Waals surface area contributed by atoms with Crippen LogP contribution in [0.5, 0.6) is 5.75 Å². The van der Waals surface area contributed by atoms with Gasteiger partial charge >= 0.3 is 10.1 Å². The molecule has 6 nitrogen and oxygen atoms in total. The van der Waals surface area contributed by atoms with E-state index in [-0.39, 0.29) is 21.5 Å². The van der Waals surface area contributed by atoms with E-state index in [0.717, 1.165) is 42.6 Å². The molecule has 8 heteroatoms. The first-order chi connectivity index (χ1) is 20.5. The van der Waals surface area contributed by atoms with Crippen LogP contribution in [-0.2, 0) is 43.9 Å². The molecule has 2 aromatic carbocycles. The van der Waals surface area contributed by atoms with E-state index in [1.807, 2.05) is 6.07 Å². The molecule has 11 rings (SSSR count). The number of hydrogen-bond donors (Lipinski definition) is 1. The molecule has 9 aliphatic carbocycles. The van der Waals surface area contributed by atoms with E-state index >= 15 is 0 Å². The van der Waals surface area contributed by atoms with Crippen LogP contribution < -0.4 is 4.18 Å². The van der Waals surface area contributed by atoms with E-state index in [9.17, 15) is 21.4 Å². The molecule has 0 saturated heterocycles. The molecule has 8 bridgehead atoms. The Morgan fingerprint density at radius 1 is 0.628 bits per heavy atom. The minimum absolute atomic E-state index is 0.0669. The second-order valence-corrected chi connectivity index (χ2v) is 18.9. The summed E-state index contributed by atoms with van der Waals surface area (Å²) < 4.78 is 69.2. The summed E-state index contributed by atoms with van der Waals surface area (Å²) in [5, 5.41) is 0. The third-order valence-corrected chi connectivity index (χ3v) is 15.4. The van der Waals surface area contributed by atoms with Crippen molar-refractivity contribution in [3.63, 3.8) is 0 Å². The second kappa shape index (κ2) is 9.10. The highest BCUT2D eigenvalue weighted by molar-refractivity contribution is 7.87. The molecule has 230 valence electrons. The van der Waals surface area contributed by atoms with Gasteiger partial charge in [-0.3, -0.25) is 4.55 Å². The van der Waals surface area contributed by atoms with Gasteiger partial charge in [-0.2, -0.15) is 16.8 Å². The molecule has 8 fully saturated rings. The first-order valence-electron chi connectivity index (χ1n) is 16.7. The van der Waals surface area contributed by atoms with E-state index in [1.54, 1.807) is 0 Å². The highest BCUT2D eigenvalue weighted by Gasteiger charge is 2.55. The summed E-state index contributed by atoms with van der Waals surface area (Å²) in [6.07, 6.45) is 16.3. The molecule has 43 heavy (non-hydrogen) atoms. The van der Waals surface area contributed by atoms with Gasteiger partial charge in [0.1, 0.15) is 10.6 Å². The lowest BCUT2D eigenvalue weighted by Gasteiger charge is -2.58. The zero-order chi connectivity index (χ0) is 29.4. The monoisotopic (exact) mass is 622 g/mol. The highest BCUT2D eigenvalue weighted by atomic mass is 32.2. The summed E-state index contributed by atoms with van der Waals surface area (Å²) in [5.41, 5.74) is 3.18. The van der Waals surface area contributed by atoms with Crippen LogP contribution in [-0.4, -0.2) is 21.4 Å². The van der Waals surface area contributed by atoms with Gasteiger partial charge in [0.05, 0.1) is 4.90 Å². The van der Waals surface area contributed by atoms with Crippen LogP contribution in [0.25, 0.3) is 0 Å². The fraction of sp³-hybridized carbons (Fsp3) is 0.657. The molecule has 0 atom stereocenters. The zero-order valence-corrected chi connectivity index (χ0v) is 26.4. The Labute approximate surface area is 255 Å². The lowest BCUT2D eigenvalue weighted by molar-refractivity contribution is -0.00808. The fourth-order valence-corrected chi connectivity index (χ4v) is 14.6. The quantitative estimate of drug-likeness (QED) is 0.272. The van der Waals surface area contributed by atoms with Crippen molar-refractivity contribution in [1.82, 2.24) is 0 Å². The molecular weight excluding hydrogens is 581 g/mol. The van der Waals surface area contributed by atoms with Crippen molar-refractivity contribution < 1.29 is 25.6 Å². The van der Waals surface area contributed by atoms with Gasteiger partial charge in [-0.25, -0.2) is 0 Å². The number of hydrogen-bond acceptors (Lipinski definition) is 5. The van der Waals surface area contributed by atoms with Crippen LogP contribution in [0.4, 0.5) is 0 Å². The molecule has 0 aliphatic heterocycles. The van der Waals surface area contributed by atoms with E-state index in [2.05, 4.69) is 12.1 Å². The van der Waals surface area contributed by atoms with Gasteiger partial charge in [0.15, 0.2) is 0 Å². The average molecular weight is 623 g/mol. The summed E-state index contributed by atoms with van der Waals surface area (Å²) in [4.78, 5) is 0.219. The lowest BCUT2D eigenvalue weighted by Crippen LogP contribution is -2.50. The van der Waals surface area contributed by atoms with Crippen molar-refractivity contribution in [2.45, 2.75) is 117 Å². The van der Waals surface area contributed by atoms with E-state index in [1.165, 1.54) is 75.5 Å². The molecule has 8 saturated carbocycles. The van der Waals surface area contributed by atoms with Crippen molar-refractivity contribution in [3.05, 3.63) is 52.6 Å². The van der Waals surface area contributed by atoms with Gasteiger partial charge in [-0.05, 0) is 178 Å². The molecule has 9 aliphatic rings. The molecular formula is C35H42O6S2. The fourth-order valence-electron chi connectivity index (χ4n) is 12.5. The molecule has 1 N–H and O–H groups in total. The van der Waals surface area contributed by atoms with Crippen molar-refractivity contribution in [3.8, 4) is 5.75 Å². The molecule has 0 radical (unpaired) electrons. The van der Waals surface area contributed by atoms with Gasteiger partial charge in [0.2, 0.25) is 0 Å². The number of rotatable bonds is 6. The SMILES string of the molecule is O=S(=O)(O)c1ccc(OS(=O)(=O)c2cc(C34CC5CC(CC(C5)C3)C4)ccc2C23CC4CC(CC(C4)C2)C3)c2c1CCC2. The minimum Gasteiger partial charge on any atom is -0.379 e. The number of fused-ring (bicyclic) bond motifs is 1. The first kappa shape index (κ1) is 27.4. The summed E-state index contributed by atoms with van der Waals surface area (Å²) in [7, 11) is -8.62. The molecule has 0 spiro atoms. The maximum atomic E-state index is 14.6. The van der Waals surface area contributed by atoms with E-state index < -0.39 is 20.2 Å². The van der Waals surface area contributed by atoms with Gasteiger partial charge in [-0.1, -0.05) is 12.1 Å². The van der Waals surface area contributed by atoms with Crippen molar-refractivity contribution in [2.24, 2.45) is 35.5 Å². The van der Waals surface area contributed by atoms with Crippen LogP contribution >= 0.6 is 0 Å². The minimum atomic E-state index is -4.41. The zero-order valence-electron chi connectivity index (χ0n) is 24.8. The van der Waals surface area contributed by atoms with E-state index in [0.29, 0.717) is 53.0 Å². The van der Waals surface area contributed by atoms with Gasteiger partial charge in [0.25, 0.3) is 10.1 Å². The summed E-state index contributed by atoms with van der Waals surface area (Å²) in [6, 6.07) is 9.26. The topological polar surface area (TPSA) is 97.7 Å². The predicted octanol–water partition coefficient (Wildman–Crippen LogP) is 7.13. The van der Waals surface area contributed by atoms with Crippen molar-refractivity contribution >= 4 is 20.2 Å². The average Bonchev–Trinajstić information content (AvgIpc) is 3.41. The van der Waals surface area contributed by atoms with Crippen LogP contribution in [0.2, 0.25) is 0 Å². The van der Waals surface area contributed by atoms with Crippen LogP contribution in [0.1, 0.15) is 106 Å². The predicted molar refractivity (Wildman–Crippen MR) is 162 cm³/mol. The molecule has 0 amide bonds. The third-order valence-electron chi connectivity index (χ3n) is 13.2. The summed E-state index contributed by atoms with van der Waals surface area (Å²) >= 11 is 0. The Morgan fingerprint density at radius 2 is 1.14 bits per heavy atom.